The van der Waals surface area contributed by atoms with Crippen molar-refractivity contribution in [3.63, 3.8) is 0 Å². The molecule has 0 radical (unpaired) electrons. The van der Waals surface area contributed by atoms with Crippen LogP contribution in [-0.4, -0.2) is 9.78 Å². The van der Waals surface area contributed by atoms with Gasteiger partial charge in [-0.15, -0.1) is 0 Å². The van der Waals surface area contributed by atoms with Gasteiger partial charge in [0.2, 0.25) is 0 Å². The third-order valence-electron chi connectivity index (χ3n) is 3.18. The van der Waals surface area contributed by atoms with E-state index in [0.717, 1.165) is 12.0 Å². The minimum atomic E-state index is -0.530. The van der Waals surface area contributed by atoms with Gasteiger partial charge in [0.05, 0.1) is 23.0 Å². The van der Waals surface area contributed by atoms with E-state index in [0.29, 0.717) is 22.8 Å². The summed E-state index contributed by atoms with van der Waals surface area (Å²) in [7, 11) is 0. The van der Waals surface area contributed by atoms with Crippen LogP contribution in [0.4, 0.5) is 4.39 Å². The number of hydrogen-bond acceptors (Lipinski definition) is 3. The van der Waals surface area contributed by atoms with Gasteiger partial charge >= 0.3 is 0 Å². The summed E-state index contributed by atoms with van der Waals surface area (Å²) in [6.07, 6.45) is 2.46. The molecule has 3 N–H and O–H groups in total. The maximum absolute atomic E-state index is 14.2. The van der Waals surface area contributed by atoms with Crippen LogP contribution in [0.25, 0.3) is 0 Å². The largest absolute Gasteiger partial charge is 0.271 e. The lowest BCUT2D eigenvalue weighted by atomic mass is 10.0. The molecule has 0 spiro atoms. The number of halogens is 2. The van der Waals surface area contributed by atoms with E-state index in [1.54, 1.807) is 16.9 Å². The monoisotopic (exact) mass is 296 g/mol. The molecular weight excluding hydrogens is 279 g/mol. The van der Waals surface area contributed by atoms with Gasteiger partial charge in [-0.05, 0) is 25.0 Å². The zero-order valence-electron chi connectivity index (χ0n) is 11.5. The fourth-order valence-corrected chi connectivity index (χ4v) is 2.48. The van der Waals surface area contributed by atoms with Crippen molar-refractivity contribution in [2.45, 2.75) is 32.9 Å². The van der Waals surface area contributed by atoms with E-state index in [2.05, 4.69) is 10.5 Å². The molecule has 2 rings (SSSR count). The fraction of sp³-hybridized carbons (Fsp3) is 0.357. The van der Waals surface area contributed by atoms with E-state index in [-0.39, 0.29) is 5.82 Å². The van der Waals surface area contributed by atoms with Gasteiger partial charge < -0.3 is 0 Å². The molecule has 1 heterocycles. The third-order valence-corrected chi connectivity index (χ3v) is 3.47. The molecule has 1 atom stereocenters. The molecule has 0 fully saturated rings. The number of nitrogens with one attached hydrogen (secondary N) is 1. The lowest BCUT2D eigenvalue weighted by molar-refractivity contribution is 0.502. The van der Waals surface area contributed by atoms with Gasteiger partial charge in [-0.3, -0.25) is 10.5 Å². The summed E-state index contributed by atoms with van der Waals surface area (Å²) in [4.78, 5) is 0. The Balaban J connectivity index is 2.49. The van der Waals surface area contributed by atoms with Crippen molar-refractivity contribution in [3.05, 3.63) is 52.1 Å². The van der Waals surface area contributed by atoms with Crippen LogP contribution < -0.4 is 11.3 Å². The molecule has 108 valence electrons. The molecule has 1 aromatic carbocycles. The van der Waals surface area contributed by atoms with Crippen molar-refractivity contribution in [1.82, 2.24) is 15.2 Å². The summed E-state index contributed by atoms with van der Waals surface area (Å²) < 4.78 is 15.9. The molecule has 0 aliphatic heterocycles. The highest BCUT2D eigenvalue weighted by atomic mass is 35.5. The maximum atomic E-state index is 14.2. The Morgan fingerprint density at radius 1 is 1.50 bits per heavy atom. The van der Waals surface area contributed by atoms with Crippen LogP contribution in [0.1, 0.15) is 36.2 Å². The standard InChI is InChI=1S/C14H18ClFN4/c1-3-6-20-14(11(15)8-18-20)13(19-17)10-5-4-9(2)7-12(10)16/h4-5,7-8,13,19H,3,6,17H2,1-2H3. The third kappa shape index (κ3) is 2.85. The normalized spacial score (nSPS) is 12.7. The quantitative estimate of drug-likeness (QED) is 0.659. The van der Waals surface area contributed by atoms with E-state index >= 15 is 0 Å². The average Bonchev–Trinajstić information content (AvgIpc) is 2.75. The van der Waals surface area contributed by atoms with Crippen LogP contribution in [0, 0.1) is 12.7 Å². The Morgan fingerprint density at radius 2 is 2.25 bits per heavy atom. The lowest BCUT2D eigenvalue weighted by Gasteiger charge is -2.19. The van der Waals surface area contributed by atoms with E-state index in [1.807, 2.05) is 19.9 Å². The molecule has 2 aromatic rings. The van der Waals surface area contributed by atoms with Crippen molar-refractivity contribution in [2.24, 2.45) is 5.84 Å². The predicted octanol–water partition coefficient (Wildman–Crippen LogP) is 2.95. The summed E-state index contributed by atoms with van der Waals surface area (Å²) in [5.41, 5.74) is 4.63. The number of aryl methyl sites for hydroxylation is 2. The van der Waals surface area contributed by atoms with Gasteiger partial charge in [-0.1, -0.05) is 30.7 Å². The molecule has 0 amide bonds. The van der Waals surface area contributed by atoms with Gasteiger partial charge in [-0.25, -0.2) is 9.82 Å². The van der Waals surface area contributed by atoms with Crippen LogP contribution in [-0.2, 0) is 6.54 Å². The number of hydrazine groups is 1. The van der Waals surface area contributed by atoms with Crippen LogP contribution in [0.2, 0.25) is 5.02 Å². The molecule has 0 saturated heterocycles. The fourth-order valence-electron chi connectivity index (χ4n) is 2.23. The number of nitrogens with two attached hydrogens (primary N) is 1. The van der Waals surface area contributed by atoms with Crippen LogP contribution >= 0.6 is 11.6 Å². The van der Waals surface area contributed by atoms with Crippen molar-refractivity contribution < 1.29 is 4.39 Å². The van der Waals surface area contributed by atoms with Gasteiger partial charge in [0.15, 0.2) is 0 Å². The Morgan fingerprint density at radius 3 is 2.85 bits per heavy atom. The number of aromatic nitrogens is 2. The first kappa shape index (κ1) is 15.0. The highest BCUT2D eigenvalue weighted by Crippen LogP contribution is 2.29. The van der Waals surface area contributed by atoms with Crippen molar-refractivity contribution in [2.75, 3.05) is 0 Å². The Hall–Kier alpha value is -1.43. The van der Waals surface area contributed by atoms with Gasteiger partial charge in [-0.2, -0.15) is 5.10 Å². The molecule has 0 aliphatic carbocycles. The zero-order valence-corrected chi connectivity index (χ0v) is 12.3. The molecule has 20 heavy (non-hydrogen) atoms. The SMILES string of the molecule is CCCn1ncc(Cl)c1C(NN)c1ccc(C)cc1F. The first-order valence-electron chi connectivity index (χ1n) is 6.51. The number of hydrogen-bond donors (Lipinski definition) is 2. The Bertz CT molecular complexity index is 597. The van der Waals surface area contributed by atoms with Gasteiger partial charge in [0.25, 0.3) is 0 Å². The Labute approximate surface area is 122 Å². The first-order valence-corrected chi connectivity index (χ1v) is 6.89. The highest BCUT2D eigenvalue weighted by molar-refractivity contribution is 6.31. The number of rotatable bonds is 5. The zero-order chi connectivity index (χ0) is 14.7. The van der Waals surface area contributed by atoms with Crippen LogP contribution in [0.3, 0.4) is 0 Å². The molecule has 1 aromatic heterocycles. The van der Waals surface area contributed by atoms with E-state index < -0.39 is 6.04 Å². The van der Waals surface area contributed by atoms with E-state index in [9.17, 15) is 4.39 Å². The topological polar surface area (TPSA) is 55.9 Å². The van der Waals surface area contributed by atoms with Crippen molar-refractivity contribution in [1.29, 1.82) is 0 Å². The average molecular weight is 297 g/mol. The minimum absolute atomic E-state index is 0.312. The second-order valence-corrected chi connectivity index (χ2v) is 5.13. The second kappa shape index (κ2) is 6.35. The molecule has 1 unspecified atom stereocenters. The van der Waals surface area contributed by atoms with E-state index in [4.69, 9.17) is 17.4 Å². The van der Waals surface area contributed by atoms with Crippen molar-refractivity contribution >= 4 is 11.6 Å². The maximum Gasteiger partial charge on any atom is 0.128 e. The first-order chi connectivity index (χ1) is 9.58. The summed E-state index contributed by atoms with van der Waals surface area (Å²) in [6.45, 7) is 4.58. The molecule has 4 nitrogen and oxygen atoms in total. The summed E-state index contributed by atoms with van der Waals surface area (Å²) in [5.74, 6) is 5.31. The second-order valence-electron chi connectivity index (χ2n) is 4.73. The van der Waals surface area contributed by atoms with Gasteiger partial charge in [0.1, 0.15) is 5.82 Å². The van der Waals surface area contributed by atoms with Crippen LogP contribution in [0.15, 0.2) is 24.4 Å². The van der Waals surface area contributed by atoms with E-state index in [1.165, 1.54) is 6.07 Å². The Kier molecular flexibility index (Phi) is 4.75. The summed E-state index contributed by atoms with van der Waals surface area (Å²) in [5, 5.41) is 4.69. The molecule has 0 aliphatic rings. The molecule has 6 heteroatoms. The lowest BCUT2D eigenvalue weighted by Crippen LogP contribution is -2.31. The predicted molar refractivity (Wildman–Crippen MR) is 77.8 cm³/mol. The minimum Gasteiger partial charge on any atom is -0.271 e. The molecular formula is C14H18ClFN4. The number of nitrogens with zero attached hydrogens (tertiary/aromatic N) is 2. The molecule has 0 saturated carbocycles. The molecule has 0 bridgehead atoms. The summed E-state index contributed by atoms with van der Waals surface area (Å²) in [6, 6.07) is 4.51. The smallest absolute Gasteiger partial charge is 0.128 e. The van der Waals surface area contributed by atoms with Gasteiger partial charge in [0, 0.05) is 12.1 Å². The highest BCUT2D eigenvalue weighted by Gasteiger charge is 2.23. The van der Waals surface area contributed by atoms with Crippen LogP contribution in [0.5, 0.6) is 0 Å². The van der Waals surface area contributed by atoms with Crippen molar-refractivity contribution in [3.8, 4) is 0 Å². The summed E-state index contributed by atoms with van der Waals surface area (Å²) >= 11 is 6.19. The number of benzene rings is 1.